The van der Waals surface area contributed by atoms with Crippen molar-refractivity contribution >= 4 is 27.4 Å². The van der Waals surface area contributed by atoms with Crippen LogP contribution in [-0.4, -0.2) is 18.9 Å². The number of ketones is 1. The zero-order chi connectivity index (χ0) is 14.7. The second-order valence-electron chi connectivity index (χ2n) is 5.91. The summed E-state index contributed by atoms with van der Waals surface area (Å²) in [5.41, 5.74) is 1.96. The Morgan fingerprint density at radius 3 is 2.45 bits per heavy atom. The van der Waals surface area contributed by atoms with E-state index >= 15 is 0 Å². The lowest BCUT2D eigenvalue weighted by Crippen LogP contribution is -2.35. The Bertz CT molecular complexity index is 478. The standard InChI is InChI=1S/C17H24BrNO/c1-4-13-5-7-14(8-6-13)19(3)15-9-10-16(12(2)20)17(18)11-15/h9-11,13-14H,4-8H2,1-3H3. The van der Waals surface area contributed by atoms with E-state index in [4.69, 9.17) is 0 Å². The van der Waals surface area contributed by atoms with Gasteiger partial charge in [0.15, 0.2) is 5.78 Å². The highest BCUT2D eigenvalue weighted by molar-refractivity contribution is 9.10. The predicted octanol–water partition coefficient (Wildman–Crippen LogP) is 5.06. The van der Waals surface area contributed by atoms with E-state index in [1.165, 1.54) is 37.8 Å². The zero-order valence-corrected chi connectivity index (χ0v) is 14.2. The average Bonchev–Trinajstić information content (AvgIpc) is 2.46. The summed E-state index contributed by atoms with van der Waals surface area (Å²) in [4.78, 5) is 13.9. The van der Waals surface area contributed by atoms with E-state index in [-0.39, 0.29) is 5.78 Å². The van der Waals surface area contributed by atoms with Crippen LogP contribution < -0.4 is 4.90 Å². The molecule has 1 saturated carbocycles. The molecule has 3 heteroatoms. The molecule has 2 nitrogen and oxygen atoms in total. The normalized spacial score (nSPS) is 22.6. The molecule has 0 spiro atoms. The fraction of sp³-hybridized carbons (Fsp3) is 0.588. The van der Waals surface area contributed by atoms with Crippen LogP contribution >= 0.6 is 15.9 Å². The molecule has 0 radical (unpaired) electrons. The summed E-state index contributed by atoms with van der Waals surface area (Å²) >= 11 is 3.51. The third-order valence-corrected chi connectivity index (χ3v) is 5.34. The van der Waals surface area contributed by atoms with Gasteiger partial charge in [0.05, 0.1) is 0 Å². The molecule has 110 valence electrons. The van der Waals surface area contributed by atoms with Crippen LogP contribution in [-0.2, 0) is 0 Å². The third-order valence-electron chi connectivity index (χ3n) is 4.68. The van der Waals surface area contributed by atoms with E-state index < -0.39 is 0 Å². The topological polar surface area (TPSA) is 20.3 Å². The number of Topliss-reactive ketones (excluding diaryl/α,β-unsaturated/α-hetero) is 1. The molecule has 1 fully saturated rings. The molecule has 1 aliphatic rings. The van der Waals surface area contributed by atoms with Crippen molar-refractivity contribution in [1.82, 2.24) is 0 Å². The molecule has 0 atom stereocenters. The molecule has 0 N–H and O–H groups in total. The Hall–Kier alpha value is -0.830. The summed E-state index contributed by atoms with van der Waals surface area (Å²) in [6, 6.07) is 6.69. The summed E-state index contributed by atoms with van der Waals surface area (Å²) in [7, 11) is 2.17. The van der Waals surface area contributed by atoms with Crippen molar-refractivity contribution in [2.24, 2.45) is 5.92 Å². The van der Waals surface area contributed by atoms with Crippen LogP contribution in [0.25, 0.3) is 0 Å². The second kappa shape index (κ2) is 6.75. The number of rotatable bonds is 4. The minimum atomic E-state index is 0.106. The number of benzene rings is 1. The quantitative estimate of drug-likeness (QED) is 0.716. The van der Waals surface area contributed by atoms with Crippen LogP contribution in [0.15, 0.2) is 22.7 Å². The summed E-state index contributed by atoms with van der Waals surface area (Å²) in [5, 5.41) is 0. The number of halogens is 1. The van der Waals surface area contributed by atoms with E-state index in [1.54, 1.807) is 6.92 Å². The van der Waals surface area contributed by atoms with Crippen molar-refractivity contribution in [1.29, 1.82) is 0 Å². The van der Waals surface area contributed by atoms with Crippen LogP contribution in [0.1, 0.15) is 56.3 Å². The Morgan fingerprint density at radius 2 is 1.95 bits per heavy atom. The number of anilines is 1. The SMILES string of the molecule is CCC1CCC(N(C)c2ccc(C(C)=O)c(Br)c2)CC1. The molecule has 0 amide bonds. The van der Waals surface area contributed by atoms with Gasteiger partial charge in [0, 0.05) is 28.8 Å². The van der Waals surface area contributed by atoms with Crippen LogP contribution in [0, 0.1) is 5.92 Å². The number of carbonyl (C=O) groups excluding carboxylic acids is 1. The van der Waals surface area contributed by atoms with Gasteiger partial charge >= 0.3 is 0 Å². The van der Waals surface area contributed by atoms with Crippen molar-refractivity contribution in [3.05, 3.63) is 28.2 Å². The largest absolute Gasteiger partial charge is 0.372 e. The van der Waals surface area contributed by atoms with E-state index in [9.17, 15) is 4.79 Å². The van der Waals surface area contributed by atoms with Gasteiger partial charge in [-0.2, -0.15) is 0 Å². The lowest BCUT2D eigenvalue weighted by atomic mass is 9.84. The third kappa shape index (κ3) is 3.43. The van der Waals surface area contributed by atoms with Crippen molar-refractivity contribution in [3.8, 4) is 0 Å². The van der Waals surface area contributed by atoms with E-state index in [0.29, 0.717) is 6.04 Å². The maximum Gasteiger partial charge on any atom is 0.160 e. The molecule has 2 rings (SSSR count). The highest BCUT2D eigenvalue weighted by atomic mass is 79.9. The van der Waals surface area contributed by atoms with Crippen molar-refractivity contribution in [2.45, 2.75) is 52.0 Å². The van der Waals surface area contributed by atoms with Gasteiger partial charge in [0.2, 0.25) is 0 Å². The number of nitrogens with zero attached hydrogens (tertiary/aromatic N) is 1. The smallest absolute Gasteiger partial charge is 0.160 e. The molecule has 1 aromatic carbocycles. The maximum atomic E-state index is 11.5. The minimum absolute atomic E-state index is 0.106. The Kier molecular flexibility index (Phi) is 5.25. The first-order valence-corrected chi connectivity index (χ1v) is 8.35. The summed E-state index contributed by atoms with van der Waals surface area (Å²) in [5.74, 6) is 1.03. The molecule has 1 aliphatic carbocycles. The highest BCUT2D eigenvalue weighted by Gasteiger charge is 2.23. The molecule has 0 bridgehead atoms. The van der Waals surface area contributed by atoms with Gasteiger partial charge in [-0.3, -0.25) is 4.79 Å². The second-order valence-corrected chi connectivity index (χ2v) is 6.77. The molecule has 0 aliphatic heterocycles. The van der Waals surface area contributed by atoms with Gasteiger partial charge in [-0.1, -0.05) is 13.3 Å². The molecule has 0 saturated heterocycles. The van der Waals surface area contributed by atoms with Gasteiger partial charge in [-0.05, 0) is 72.7 Å². The Balaban J connectivity index is 2.08. The Labute approximate surface area is 130 Å². The average molecular weight is 338 g/mol. The van der Waals surface area contributed by atoms with Crippen molar-refractivity contribution < 1.29 is 4.79 Å². The maximum absolute atomic E-state index is 11.5. The molecule has 0 heterocycles. The molecular formula is C17H24BrNO. The molecule has 20 heavy (non-hydrogen) atoms. The van der Waals surface area contributed by atoms with E-state index in [0.717, 1.165) is 16.0 Å². The van der Waals surface area contributed by atoms with Gasteiger partial charge in [-0.25, -0.2) is 0 Å². The monoisotopic (exact) mass is 337 g/mol. The van der Waals surface area contributed by atoms with Crippen molar-refractivity contribution in [3.63, 3.8) is 0 Å². The predicted molar refractivity (Wildman–Crippen MR) is 88.6 cm³/mol. The van der Waals surface area contributed by atoms with Gasteiger partial charge in [-0.15, -0.1) is 0 Å². The van der Waals surface area contributed by atoms with Crippen molar-refractivity contribution in [2.75, 3.05) is 11.9 Å². The number of carbonyl (C=O) groups is 1. The van der Waals surface area contributed by atoms with E-state index in [2.05, 4.69) is 46.9 Å². The Morgan fingerprint density at radius 1 is 1.30 bits per heavy atom. The highest BCUT2D eigenvalue weighted by Crippen LogP contribution is 2.32. The van der Waals surface area contributed by atoms with Crippen LogP contribution in [0.2, 0.25) is 0 Å². The van der Waals surface area contributed by atoms with Crippen LogP contribution in [0.3, 0.4) is 0 Å². The summed E-state index contributed by atoms with van der Waals surface area (Å²) in [6.45, 7) is 3.90. The van der Waals surface area contributed by atoms with Gasteiger partial charge < -0.3 is 4.90 Å². The zero-order valence-electron chi connectivity index (χ0n) is 12.7. The molecule has 0 unspecified atom stereocenters. The summed E-state index contributed by atoms with van der Waals surface area (Å²) in [6.07, 6.45) is 6.56. The van der Waals surface area contributed by atoms with Gasteiger partial charge in [0.1, 0.15) is 0 Å². The molecular weight excluding hydrogens is 314 g/mol. The van der Waals surface area contributed by atoms with Crippen LogP contribution in [0.4, 0.5) is 5.69 Å². The molecule has 1 aromatic rings. The minimum Gasteiger partial charge on any atom is -0.372 e. The fourth-order valence-corrected chi connectivity index (χ4v) is 3.81. The summed E-state index contributed by atoms with van der Waals surface area (Å²) < 4.78 is 0.900. The lowest BCUT2D eigenvalue weighted by molar-refractivity contribution is 0.101. The first-order valence-electron chi connectivity index (χ1n) is 7.56. The number of hydrogen-bond donors (Lipinski definition) is 0. The lowest BCUT2D eigenvalue weighted by Gasteiger charge is -2.36. The first kappa shape index (κ1) is 15.6. The van der Waals surface area contributed by atoms with Crippen LogP contribution in [0.5, 0.6) is 0 Å². The fourth-order valence-electron chi connectivity index (χ4n) is 3.16. The molecule has 0 aromatic heterocycles. The number of hydrogen-bond acceptors (Lipinski definition) is 2. The van der Waals surface area contributed by atoms with E-state index in [1.807, 2.05) is 6.07 Å². The first-order chi connectivity index (χ1) is 9.52. The van der Waals surface area contributed by atoms with Gasteiger partial charge in [0.25, 0.3) is 0 Å².